The van der Waals surface area contributed by atoms with Gasteiger partial charge in [-0.05, 0) is 44.6 Å². The van der Waals surface area contributed by atoms with Crippen molar-refractivity contribution >= 4 is 0 Å². The van der Waals surface area contributed by atoms with Gasteiger partial charge in [0.05, 0.1) is 7.11 Å². The lowest BCUT2D eigenvalue weighted by atomic mass is 10.1. The third-order valence-corrected chi connectivity index (χ3v) is 4.02. The van der Waals surface area contributed by atoms with Gasteiger partial charge in [-0.3, -0.25) is 0 Å². The third-order valence-electron chi connectivity index (χ3n) is 4.02. The second-order valence-electron chi connectivity index (χ2n) is 5.64. The summed E-state index contributed by atoms with van der Waals surface area (Å²) in [5.41, 5.74) is 8.05. The van der Waals surface area contributed by atoms with Crippen molar-refractivity contribution in [2.45, 2.75) is 25.9 Å². The van der Waals surface area contributed by atoms with E-state index in [4.69, 9.17) is 10.5 Å². The molecule has 1 aromatic carbocycles. The van der Waals surface area contributed by atoms with Crippen LogP contribution < -0.4 is 10.5 Å². The second kappa shape index (κ2) is 7.62. The highest BCUT2D eigenvalue weighted by Gasteiger charge is 2.12. The van der Waals surface area contributed by atoms with Crippen LogP contribution in [0.3, 0.4) is 0 Å². The molecule has 112 valence electrons. The fourth-order valence-corrected chi connectivity index (χ4v) is 2.77. The Bertz CT molecular complexity index is 416. The number of methoxy groups -OCH3 is 1. The van der Waals surface area contributed by atoms with Gasteiger partial charge in [-0.15, -0.1) is 0 Å². The molecular formula is C16H27N3O. The maximum Gasteiger partial charge on any atom is 0.123 e. The Morgan fingerprint density at radius 1 is 1.30 bits per heavy atom. The van der Waals surface area contributed by atoms with Gasteiger partial charge in [0.25, 0.3) is 0 Å². The van der Waals surface area contributed by atoms with Crippen LogP contribution in [0.2, 0.25) is 0 Å². The summed E-state index contributed by atoms with van der Waals surface area (Å²) >= 11 is 0. The van der Waals surface area contributed by atoms with Crippen molar-refractivity contribution in [3.63, 3.8) is 0 Å². The highest BCUT2D eigenvalue weighted by atomic mass is 16.5. The first-order valence-electron chi connectivity index (χ1n) is 7.49. The van der Waals surface area contributed by atoms with E-state index in [1.54, 1.807) is 7.11 Å². The summed E-state index contributed by atoms with van der Waals surface area (Å²) in [5, 5.41) is 0. The maximum absolute atomic E-state index is 5.70. The van der Waals surface area contributed by atoms with Gasteiger partial charge in [0.2, 0.25) is 0 Å². The molecule has 0 bridgehead atoms. The highest BCUT2D eigenvalue weighted by Crippen LogP contribution is 2.20. The molecule has 0 atom stereocenters. The van der Waals surface area contributed by atoms with Crippen LogP contribution >= 0.6 is 0 Å². The van der Waals surface area contributed by atoms with Gasteiger partial charge in [0, 0.05) is 31.7 Å². The van der Waals surface area contributed by atoms with Crippen LogP contribution in [0.4, 0.5) is 0 Å². The first-order valence-corrected chi connectivity index (χ1v) is 7.49. The summed E-state index contributed by atoms with van der Waals surface area (Å²) < 4.78 is 5.39. The molecule has 1 saturated heterocycles. The van der Waals surface area contributed by atoms with Crippen molar-refractivity contribution in [3.05, 3.63) is 29.3 Å². The quantitative estimate of drug-likeness (QED) is 0.823. The van der Waals surface area contributed by atoms with Crippen LogP contribution in [0, 0.1) is 0 Å². The Kier molecular flexibility index (Phi) is 5.83. The fourth-order valence-electron chi connectivity index (χ4n) is 2.77. The number of likely N-dealkylation sites (N-methyl/N-ethyl adjacent to an activating group) is 1. The lowest BCUT2D eigenvalue weighted by Crippen LogP contribution is -2.31. The summed E-state index contributed by atoms with van der Waals surface area (Å²) in [6.45, 7) is 6.30. The van der Waals surface area contributed by atoms with Crippen LogP contribution in [0.15, 0.2) is 18.2 Å². The Balaban J connectivity index is 1.85. The minimum absolute atomic E-state index is 0.522. The summed E-state index contributed by atoms with van der Waals surface area (Å²) in [4.78, 5) is 4.92. The number of rotatable bonds is 7. The molecule has 0 saturated carbocycles. The van der Waals surface area contributed by atoms with Gasteiger partial charge in [0.1, 0.15) is 5.75 Å². The van der Waals surface area contributed by atoms with Gasteiger partial charge < -0.3 is 20.3 Å². The molecule has 0 aliphatic carbocycles. The number of benzene rings is 1. The monoisotopic (exact) mass is 277 g/mol. The Morgan fingerprint density at radius 2 is 2.05 bits per heavy atom. The predicted molar refractivity (Wildman–Crippen MR) is 82.9 cm³/mol. The van der Waals surface area contributed by atoms with Crippen molar-refractivity contribution in [1.29, 1.82) is 0 Å². The summed E-state index contributed by atoms with van der Waals surface area (Å²) in [6.07, 6.45) is 2.73. The molecule has 1 aromatic rings. The molecule has 2 rings (SSSR count). The van der Waals surface area contributed by atoms with E-state index in [0.717, 1.165) is 24.4 Å². The number of likely N-dealkylation sites (tertiary alicyclic amines) is 1. The second-order valence-corrected chi connectivity index (χ2v) is 5.64. The zero-order valence-electron chi connectivity index (χ0n) is 12.8. The van der Waals surface area contributed by atoms with Crippen molar-refractivity contribution in [1.82, 2.24) is 9.80 Å². The zero-order chi connectivity index (χ0) is 14.4. The topological polar surface area (TPSA) is 41.7 Å². The molecule has 0 radical (unpaired) electrons. The van der Waals surface area contributed by atoms with E-state index in [-0.39, 0.29) is 0 Å². The molecule has 1 fully saturated rings. The number of ether oxygens (including phenoxy) is 1. The third kappa shape index (κ3) is 4.20. The first-order chi connectivity index (χ1) is 9.72. The Hall–Kier alpha value is -1.10. The smallest absolute Gasteiger partial charge is 0.123 e. The number of hydrogen-bond donors (Lipinski definition) is 1. The van der Waals surface area contributed by atoms with Gasteiger partial charge in [-0.2, -0.15) is 0 Å². The molecule has 2 N–H and O–H groups in total. The highest BCUT2D eigenvalue weighted by molar-refractivity contribution is 5.37. The van der Waals surface area contributed by atoms with Gasteiger partial charge in [-0.25, -0.2) is 0 Å². The van der Waals surface area contributed by atoms with Crippen LogP contribution in [-0.4, -0.2) is 50.1 Å². The number of hydrogen-bond acceptors (Lipinski definition) is 4. The van der Waals surface area contributed by atoms with E-state index in [1.807, 2.05) is 0 Å². The minimum atomic E-state index is 0.522. The predicted octanol–water partition coefficient (Wildman–Crippen LogP) is 1.68. The molecule has 20 heavy (non-hydrogen) atoms. The maximum atomic E-state index is 5.70. The first kappa shape index (κ1) is 15.3. The zero-order valence-corrected chi connectivity index (χ0v) is 12.8. The molecule has 1 aliphatic heterocycles. The van der Waals surface area contributed by atoms with Crippen molar-refractivity contribution < 1.29 is 4.74 Å². The molecule has 4 nitrogen and oxygen atoms in total. The Labute approximate surface area is 122 Å². The molecule has 1 heterocycles. The lowest BCUT2D eigenvalue weighted by Gasteiger charge is -2.21. The largest absolute Gasteiger partial charge is 0.496 e. The molecule has 0 amide bonds. The number of nitrogens with zero attached hydrogens (tertiary/aromatic N) is 2. The van der Waals surface area contributed by atoms with Crippen LogP contribution in [0.25, 0.3) is 0 Å². The van der Waals surface area contributed by atoms with Crippen LogP contribution in [0.5, 0.6) is 5.75 Å². The number of nitrogens with two attached hydrogens (primary N) is 1. The van der Waals surface area contributed by atoms with E-state index in [9.17, 15) is 0 Å². The lowest BCUT2D eigenvalue weighted by molar-refractivity contribution is 0.252. The molecule has 0 unspecified atom stereocenters. The molecular weight excluding hydrogens is 250 g/mol. The van der Waals surface area contributed by atoms with E-state index < -0.39 is 0 Å². The summed E-state index contributed by atoms with van der Waals surface area (Å²) in [7, 11) is 3.88. The average Bonchev–Trinajstić information content (AvgIpc) is 2.98. The van der Waals surface area contributed by atoms with E-state index >= 15 is 0 Å². The standard InChI is InChI=1S/C16H27N3O/c1-18(9-10-19-7-3-4-8-19)13-14-5-6-15(12-17)16(11-14)20-2/h5-6,11H,3-4,7-10,12-13,17H2,1-2H3. The van der Waals surface area contributed by atoms with E-state index in [1.165, 1.54) is 38.0 Å². The van der Waals surface area contributed by atoms with Gasteiger partial charge in [0.15, 0.2) is 0 Å². The molecule has 4 heteroatoms. The van der Waals surface area contributed by atoms with Gasteiger partial charge in [-0.1, -0.05) is 12.1 Å². The van der Waals surface area contributed by atoms with Crippen molar-refractivity contribution in [2.24, 2.45) is 5.73 Å². The van der Waals surface area contributed by atoms with Crippen LogP contribution in [-0.2, 0) is 13.1 Å². The fraction of sp³-hybridized carbons (Fsp3) is 0.625. The Morgan fingerprint density at radius 3 is 2.70 bits per heavy atom. The van der Waals surface area contributed by atoms with E-state index in [0.29, 0.717) is 6.54 Å². The van der Waals surface area contributed by atoms with Crippen LogP contribution in [0.1, 0.15) is 24.0 Å². The molecule has 0 spiro atoms. The molecule has 1 aliphatic rings. The normalized spacial score (nSPS) is 16.0. The van der Waals surface area contributed by atoms with Gasteiger partial charge >= 0.3 is 0 Å². The summed E-state index contributed by atoms with van der Waals surface area (Å²) in [5.74, 6) is 0.901. The van der Waals surface area contributed by atoms with Crippen molar-refractivity contribution in [3.8, 4) is 5.75 Å². The minimum Gasteiger partial charge on any atom is -0.496 e. The summed E-state index contributed by atoms with van der Waals surface area (Å²) in [6, 6.07) is 6.33. The molecule has 0 aromatic heterocycles. The average molecular weight is 277 g/mol. The van der Waals surface area contributed by atoms with E-state index in [2.05, 4.69) is 35.0 Å². The SMILES string of the molecule is COc1cc(CN(C)CCN2CCCC2)ccc1CN. The van der Waals surface area contributed by atoms with Crippen molar-refractivity contribution in [2.75, 3.05) is 40.3 Å².